The Hall–Kier alpha value is -1.05. The summed E-state index contributed by atoms with van der Waals surface area (Å²) in [5.74, 6) is 0. The van der Waals surface area contributed by atoms with E-state index in [4.69, 9.17) is 11.0 Å². The van der Waals surface area contributed by atoms with Crippen molar-refractivity contribution in [1.82, 2.24) is 0 Å². The summed E-state index contributed by atoms with van der Waals surface area (Å²) in [5, 5.41) is 9.81. The second-order valence-electron chi connectivity index (χ2n) is 2.94. The van der Waals surface area contributed by atoms with Crippen LogP contribution in [0.4, 0.5) is 5.69 Å². The van der Waals surface area contributed by atoms with Gasteiger partial charge in [0, 0.05) is 10.4 Å². The van der Waals surface area contributed by atoms with Gasteiger partial charge in [-0.2, -0.15) is 5.26 Å². The molecule has 0 saturated heterocycles. The summed E-state index contributed by atoms with van der Waals surface area (Å²) in [6.07, 6.45) is 0.435. The van der Waals surface area contributed by atoms with Crippen LogP contribution in [-0.4, -0.2) is 0 Å². The van der Waals surface area contributed by atoms with Crippen molar-refractivity contribution in [2.45, 2.75) is 6.42 Å². The Kier molecular flexibility index (Phi) is 2.44. The predicted molar refractivity (Wildman–Crippen MR) is 63.3 cm³/mol. The van der Waals surface area contributed by atoms with Gasteiger partial charge < -0.3 is 5.73 Å². The Bertz CT molecular complexity index is 525. The zero-order valence-electron chi connectivity index (χ0n) is 7.25. The number of halogens is 1. The smallest absolute Gasteiger partial charge is 0.0753 e. The van der Waals surface area contributed by atoms with Crippen molar-refractivity contribution in [3.63, 3.8) is 0 Å². The molecule has 0 amide bonds. The first-order valence-corrected chi connectivity index (χ1v) is 5.66. The summed E-state index contributed by atoms with van der Waals surface area (Å²) in [6.45, 7) is 0. The highest BCUT2D eigenvalue weighted by Crippen LogP contribution is 2.36. The van der Waals surface area contributed by atoms with Gasteiger partial charge in [-0.05, 0) is 39.0 Å². The quantitative estimate of drug-likeness (QED) is 0.806. The van der Waals surface area contributed by atoms with Crippen molar-refractivity contribution in [2.24, 2.45) is 0 Å². The Morgan fingerprint density at radius 1 is 1.50 bits per heavy atom. The molecule has 2 nitrogen and oxygen atoms in total. The SMILES string of the molecule is N#CCc1c(Br)sc2cc(N)ccc12. The molecule has 0 bridgehead atoms. The van der Waals surface area contributed by atoms with E-state index < -0.39 is 0 Å². The van der Waals surface area contributed by atoms with Gasteiger partial charge in [-0.25, -0.2) is 0 Å². The zero-order valence-corrected chi connectivity index (χ0v) is 9.65. The lowest BCUT2D eigenvalue weighted by molar-refractivity contribution is 1.29. The van der Waals surface area contributed by atoms with Gasteiger partial charge in [-0.15, -0.1) is 11.3 Å². The zero-order chi connectivity index (χ0) is 10.1. The highest BCUT2D eigenvalue weighted by Gasteiger charge is 2.09. The van der Waals surface area contributed by atoms with Crippen molar-refractivity contribution < 1.29 is 0 Å². The molecule has 4 heteroatoms. The van der Waals surface area contributed by atoms with Crippen LogP contribution in [-0.2, 0) is 6.42 Å². The van der Waals surface area contributed by atoms with E-state index in [2.05, 4.69) is 22.0 Å². The van der Waals surface area contributed by atoms with Gasteiger partial charge in [-0.1, -0.05) is 6.07 Å². The molecule has 0 fully saturated rings. The standard InChI is InChI=1S/C10H7BrN2S/c11-10-8(3-4-12)7-2-1-6(13)5-9(7)14-10/h1-2,5H,3,13H2. The Morgan fingerprint density at radius 3 is 3.00 bits per heavy atom. The number of thiophene rings is 1. The van der Waals surface area contributed by atoms with Gasteiger partial charge in [-0.3, -0.25) is 0 Å². The molecule has 0 atom stereocenters. The molecule has 14 heavy (non-hydrogen) atoms. The highest BCUT2D eigenvalue weighted by molar-refractivity contribution is 9.11. The van der Waals surface area contributed by atoms with E-state index in [1.54, 1.807) is 11.3 Å². The van der Waals surface area contributed by atoms with Gasteiger partial charge in [0.15, 0.2) is 0 Å². The van der Waals surface area contributed by atoms with Crippen LogP contribution in [0.2, 0.25) is 0 Å². The van der Waals surface area contributed by atoms with E-state index >= 15 is 0 Å². The minimum atomic E-state index is 0.435. The third-order valence-electron chi connectivity index (χ3n) is 2.02. The Morgan fingerprint density at radius 2 is 2.29 bits per heavy atom. The first-order chi connectivity index (χ1) is 6.72. The highest BCUT2D eigenvalue weighted by atomic mass is 79.9. The van der Waals surface area contributed by atoms with Crippen LogP contribution in [0.1, 0.15) is 5.56 Å². The Labute approximate surface area is 94.1 Å². The monoisotopic (exact) mass is 266 g/mol. The third-order valence-corrected chi connectivity index (χ3v) is 3.97. The van der Waals surface area contributed by atoms with E-state index in [1.165, 1.54) is 0 Å². The van der Waals surface area contributed by atoms with Crippen molar-refractivity contribution in [2.75, 3.05) is 5.73 Å². The maximum atomic E-state index is 8.69. The van der Waals surface area contributed by atoms with Gasteiger partial charge in [0.05, 0.1) is 16.3 Å². The molecular formula is C10H7BrN2S. The Balaban J connectivity index is 2.72. The molecule has 1 aromatic heterocycles. The van der Waals surface area contributed by atoms with E-state index in [1.807, 2.05) is 18.2 Å². The minimum absolute atomic E-state index is 0.435. The molecule has 1 heterocycles. The molecule has 2 rings (SSSR count). The van der Waals surface area contributed by atoms with Crippen LogP contribution in [0, 0.1) is 11.3 Å². The van der Waals surface area contributed by atoms with E-state index in [9.17, 15) is 0 Å². The fourth-order valence-corrected chi connectivity index (χ4v) is 3.25. The fraction of sp³-hybridized carbons (Fsp3) is 0.100. The molecule has 0 aliphatic carbocycles. The number of nitrogens with two attached hydrogens (primary N) is 1. The van der Waals surface area contributed by atoms with Crippen LogP contribution in [0.3, 0.4) is 0 Å². The first-order valence-electron chi connectivity index (χ1n) is 4.05. The maximum Gasteiger partial charge on any atom is 0.0753 e. The number of benzene rings is 1. The summed E-state index contributed by atoms with van der Waals surface area (Å²) < 4.78 is 2.15. The first kappa shape index (κ1) is 9.50. The lowest BCUT2D eigenvalue weighted by Gasteiger charge is -1.94. The molecule has 0 spiro atoms. The van der Waals surface area contributed by atoms with E-state index in [0.717, 1.165) is 25.1 Å². The van der Waals surface area contributed by atoms with E-state index in [0.29, 0.717) is 6.42 Å². The molecule has 70 valence electrons. The summed E-state index contributed by atoms with van der Waals surface area (Å²) in [4.78, 5) is 0. The molecule has 0 unspecified atom stereocenters. The second kappa shape index (κ2) is 3.60. The summed E-state index contributed by atoms with van der Waals surface area (Å²) in [6, 6.07) is 7.93. The molecular weight excluding hydrogens is 260 g/mol. The fourth-order valence-electron chi connectivity index (χ4n) is 1.38. The lowest BCUT2D eigenvalue weighted by Crippen LogP contribution is -1.83. The molecule has 0 radical (unpaired) electrons. The summed E-state index contributed by atoms with van der Waals surface area (Å²) >= 11 is 5.08. The minimum Gasteiger partial charge on any atom is -0.399 e. The van der Waals surface area contributed by atoms with Gasteiger partial charge in [0.25, 0.3) is 0 Å². The molecule has 2 N–H and O–H groups in total. The van der Waals surface area contributed by atoms with Gasteiger partial charge in [0.2, 0.25) is 0 Å². The van der Waals surface area contributed by atoms with Gasteiger partial charge in [0.1, 0.15) is 0 Å². The second-order valence-corrected chi connectivity index (χ2v) is 5.31. The largest absolute Gasteiger partial charge is 0.399 e. The van der Waals surface area contributed by atoms with Crippen molar-refractivity contribution in [3.05, 3.63) is 27.5 Å². The van der Waals surface area contributed by atoms with Crippen molar-refractivity contribution >= 4 is 43.0 Å². The summed E-state index contributed by atoms with van der Waals surface area (Å²) in [7, 11) is 0. The van der Waals surface area contributed by atoms with Crippen LogP contribution in [0.25, 0.3) is 10.1 Å². The van der Waals surface area contributed by atoms with Crippen molar-refractivity contribution in [1.29, 1.82) is 5.26 Å². The molecule has 2 aromatic rings. The van der Waals surface area contributed by atoms with Crippen LogP contribution in [0.15, 0.2) is 22.0 Å². The number of nitrogens with zero attached hydrogens (tertiary/aromatic N) is 1. The molecule has 0 saturated carbocycles. The normalized spacial score (nSPS) is 10.3. The molecule has 1 aromatic carbocycles. The molecule has 0 aliphatic rings. The van der Waals surface area contributed by atoms with Crippen LogP contribution in [0.5, 0.6) is 0 Å². The topological polar surface area (TPSA) is 49.8 Å². The lowest BCUT2D eigenvalue weighted by atomic mass is 10.1. The number of hydrogen-bond acceptors (Lipinski definition) is 3. The average molecular weight is 267 g/mol. The number of anilines is 1. The number of rotatable bonds is 1. The number of hydrogen-bond donors (Lipinski definition) is 1. The number of fused-ring (bicyclic) bond motifs is 1. The van der Waals surface area contributed by atoms with Crippen LogP contribution >= 0.6 is 27.3 Å². The van der Waals surface area contributed by atoms with Crippen molar-refractivity contribution in [3.8, 4) is 6.07 Å². The predicted octanol–water partition coefficient (Wildman–Crippen LogP) is 3.31. The van der Waals surface area contributed by atoms with Crippen LogP contribution < -0.4 is 5.73 Å². The summed E-state index contributed by atoms with van der Waals surface area (Å²) in [5.41, 5.74) is 7.51. The molecule has 0 aliphatic heterocycles. The maximum absolute atomic E-state index is 8.69. The third kappa shape index (κ3) is 1.49. The average Bonchev–Trinajstić information content (AvgIpc) is 2.43. The van der Waals surface area contributed by atoms with Gasteiger partial charge >= 0.3 is 0 Å². The number of nitrogen functional groups attached to an aromatic ring is 1. The van der Waals surface area contributed by atoms with E-state index in [-0.39, 0.29) is 0 Å². The number of nitriles is 1.